The van der Waals surface area contributed by atoms with Gasteiger partial charge in [0.05, 0.1) is 16.9 Å². The van der Waals surface area contributed by atoms with Gasteiger partial charge in [-0.15, -0.1) is 0 Å². The molecule has 2 atom stereocenters. The van der Waals surface area contributed by atoms with Gasteiger partial charge in [-0.2, -0.15) is 18.3 Å². The standard InChI is InChI=1S/C17H21BF3N3O2/c1-15(2)16(3,4)26-18(25-15)12-8-11(12)13-10-6-5-7-22-14(10)24(23-13)9-17(19,20)21/h5-7,11-12H,8-9H2,1-4H3. The molecule has 0 N–H and O–H groups in total. The van der Waals surface area contributed by atoms with Gasteiger partial charge in [-0.25, -0.2) is 9.67 Å². The lowest BCUT2D eigenvalue weighted by Gasteiger charge is -2.32. The van der Waals surface area contributed by atoms with Crippen LogP contribution in [0.3, 0.4) is 0 Å². The summed E-state index contributed by atoms with van der Waals surface area (Å²) in [5.74, 6) is 0.111. The highest BCUT2D eigenvalue weighted by Crippen LogP contribution is 2.59. The van der Waals surface area contributed by atoms with Crippen LogP contribution in [0.5, 0.6) is 0 Å². The van der Waals surface area contributed by atoms with Crippen molar-refractivity contribution in [1.29, 1.82) is 0 Å². The van der Waals surface area contributed by atoms with Crippen LogP contribution in [0.4, 0.5) is 13.2 Å². The third-order valence-electron chi connectivity index (χ3n) is 5.68. The molecular formula is C17H21BF3N3O2. The predicted octanol–water partition coefficient (Wildman–Crippen LogP) is 3.94. The summed E-state index contributed by atoms with van der Waals surface area (Å²) < 4.78 is 51.7. The number of alkyl halides is 3. The number of nitrogens with zero attached hydrogens (tertiary/aromatic N) is 3. The molecule has 4 rings (SSSR count). The zero-order valence-electron chi connectivity index (χ0n) is 15.2. The van der Waals surface area contributed by atoms with Gasteiger partial charge in [0.25, 0.3) is 0 Å². The Morgan fingerprint density at radius 2 is 1.88 bits per heavy atom. The summed E-state index contributed by atoms with van der Waals surface area (Å²) in [7, 11) is -0.371. The number of rotatable bonds is 3. The van der Waals surface area contributed by atoms with Crippen LogP contribution >= 0.6 is 0 Å². The molecule has 2 aliphatic rings. The van der Waals surface area contributed by atoms with E-state index in [1.807, 2.05) is 27.7 Å². The SMILES string of the molecule is CC1(C)OB(C2CC2c2nn(CC(F)(F)F)c3ncccc23)OC1(C)C. The maximum Gasteiger partial charge on any atom is 0.461 e. The Balaban J connectivity index is 1.61. The van der Waals surface area contributed by atoms with Crippen molar-refractivity contribution in [2.24, 2.45) is 0 Å². The van der Waals surface area contributed by atoms with E-state index in [-0.39, 0.29) is 24.5 Å². The highest BCUT2D eigenvalue weighted by atomic mass is 19.4. The Bertz CT molecular complexity index is 833. The molecule has 9 heteroatoms. The van der Waals surface area contributed by atoms with Crippen molar-refractivity contribution in [3.05, 3.63) is 24.0 Å². The maximum atomic E-state index is 12.9. The first-order valence-corrected chi connectivity index (χ1v) is 8.72. The van der Waals surface area contributed by atoms with Crippen LogP contribution in [-0.4, -0.2) is 39.3 Å². The van der Waals surface area contributed by atoms with Crippen molar-refractivity contribution in [3.63, 3.8) is 0 Å². The lowest BCUT2D eigenvalue weighted by atomic mass is 9.80. The zero-order valence-corrected chi connectivity index (χ0v) is 15.2. The Hall–Kier alpha value is -1.61. The minimum atomic E-state index is -4.34. The van der Waals surface area contributed by atoms with E-state index in [1.54, 1.807) is 12.1 Å². The molecule has 26 heavy (non-hydrogen) atoms. The zero-order chi connectivity index (χ0) is 18.9. The van der Waals surface area contributed by atoms with Crippen LogP contribution in [0.25, 0.3) is 11.0 Å². The fourth-order valence-electron chi connectivity index (χ4n) is 3.48. The van der Waals surface area contributed by atoms with Crippen LogP contribution < -0.4 is 0 Å². The van der Waals surface area contributed by atoms with Crippen molar-refractivity contribution in [2.45, 2.75) is 69.8 Å². The van der Waals surface area contributed by atoms with Gasteiger partial charge in [0.1, 0.15) is 6.54 Å². The summed E-state index contributed by atoms with van der Waals surface area (Å²) in [6.07, 6.45) is -2.08. The molecule has 5 nitrogen and oxygen atoms in total. The average Bonchev–Trinajstić information content (AvgIpc) is 3.17. The highest BCUT2D eigenvalue weighted by molar-refractivity contribution is 6.49. The molecular weight excluding hydrogens is 346 g/mol. The smallest absolute Gasteiger partial charge is 0.403 e. The van der Waals surface area contributed by atoms with Gasteiger partial charge >= 0.3 is 13.3 Å². The molecule has 2 fully saturated rings. The van der Waals surface area contributed by atoms with E-state index in [4.69, 9.17) is 9.31 Å². The first kappa shape index (κ1) is 17.8. The Morgan fingerprint density at radius 1 is 1.23 bits per heavy atom. The van der Waals surface area contributed by atoms with Crippen molar-refractivity contribution in [3.8, 4) is 0 Å². The summed E-state index contributed by atoms with van der Waals surface area (Å²) in [5.41, 5.74) is 0.0604. The molecule has 1 saturated carbocycles. The second-order valence-corrected chi connectivity index (χ2v) is 8.16. The third kappa shape index (κ3) is 2.91. The number of hydrogen-bond acceptors (Lipinski definition) is 4. The average molecular weight is 367 g/mol. The van der Waals surface area contributed by atoms with Gasteiger partial charge in [-0.3, -0.25) is 0 Å². The number of pyridine rings is 1. The molecule has 1 aliphatic carbocycles. The first-order chi connectivity index (χ1) is 12.0. The molecule has 2 unspecified atom stereocenters. The van der Waals surface area contributed by atoms with E-state index in [9.17, 15) is 13.2 Å². The Kier molecular flexibility index (Phi) is 3.73. The van der Waals surface area contributed by atoms with Crippen molar-refractivity contribution in [1.82, 2.24) is 14.8 Å². The lowest BCUT2D eigenvalue weighted by molar-refractivity contribution is -0.142. The summed E-state index contributed by atoms with van der Waals surface area (Å²) in [5, 5.41) is 4.92. The van der Waals surface area contributed by atoms with E-state index in [2.05, 4.69) is 10.1 Å². The van der Waals surface area contributed by atoms with Crippen molar-refractivity contribution < 1.29 is 22.5 Å². The molecule has 3 heterocycles. The van der Waals surface area contributed by atoms with E-state index >= 15 is 0 Å². The normalized spacial score (nSPS) is 27.3. The minimum Gasteiger partial charge on any atom is -0.403 e. The van der Waals surface area contributed by atoms with E-state index in [0.717, 1.165) is 11.1 Å². The number of fused-ring (bicyclic) bond motifs is 1. The van der Waals surface area contributed by atoms with E-state index < -0.39 is 23.9 Å². The van der Waals surface area contributed by atoms with Crippen LogP contribution in [-0.2, 0) is 15.9 Å². The highest BCUT2D eigenvalue weighted by Gasteiger charge is 2.60. The topological polar surface area (TPSA) is 49.2 Å². The third-order valence-corrected chi connectivity index (χ3v) is 5.68. The molecule has 1 aliphatic heterocycles. The molecule has 0 bridgehead atoms. The summed E-state index contributed by atoms with van der Waals surface area (Å²) >= 11 is 0. The largest absolute Gasteiger partial charge is 0.461 e. The fourth-order valence-corrected chi connectivity index (χ4v) is 3.48. The quantitative estimate of drug-likeness (QED) is 0.771. The van der Waals surface area contributed by atoms with Crippen LogP contribution in [0.15, 0.2) is 18.3 Å². The maximum absolute atomic E-state index is 12.9. The van der Waals surface area contributed by atoms with Gasteiger partial charge in [0, 0.05) is 23.3 Å². The molecule has 1 saturated heterocycles. The lowest BCUT2D eigenvalue weighted by Crippen LogP contribution is -2.41. The van der Waals surface area contributed by atoms with Crippen LogP contribution in [0.1, 0.15) is 45.7 Å². The van der Waals surface area contributed by atoms with Gasteiger partial charge in [-0.05, 0) is 46.2 Å². The Labute approximate surface area is 150 Å². The monoisotopic (exact) mass is 367 g/mol. The number of halogens is 3. The van der Waals surface area contributed by atoms with Gasteiger partial charge < -0.3 is 9.31 Å². The van der Waals surface area contributed by atoms with Crippen molar-refractivity contribution >= 4 is 18.2 Å². The molecule has 0 aromatic carbocycles. The molecule has 140 valence electrons. The summed E-state index contributed by atoms with van der Waals surface area (Å²) in [6, 6.07) is 3.49. The minimum absolute atomic E-state index is 0.0193. The first-order valence-electron chi connectivity index (χ1n) is 8.72. The summed E-state index contributed by atoms with van der Waals surface area (Å²) in [4.78, 5) is 4.10. The van der Waals surface area contributed by atoms with E-state index in [1.165, 1.54) is 6.20 Å². The van der Waals surface area contributed by atoms with Crippen molar-refractivity contribution in [2.75, 3.05) is 0 Å². The fraction of sp³-hybridized carbons (Fsp3) is 0.647. The molecule has 2 aromatic heterocycles. The number of hydrogen-bond donors (Lipinski definition) is 0. The second-order valence-electron chi connectivity index (χ2n) is 8.16. The predicted molar refractivity (Wildman–Crippen MR) is 90.8 cm³/mol. The Morgan fingerprint density at radius 3 is 2.50 bits per heavy atom. The second kappa shape index (κ2) is 5.45. The van der Waals surface area contributed by atoms with Crippen LogP contribution in [0, 0.1) is 0 Å². The van der Waals surface area contributed by atoms with Gasteiger partial charge in [-0.1, -0.05) is 0 Å². The number of aromatic nitrogens is 3. The molecule has 0 amide bonds. The van der Waals surface area contributed by atoms with Gasteiger partial charge in [0.15, 0.2) is 5.65 Å². The molecule has 0 spiro atoms. The van der Waals surface area contributed by atoms with Gasteiger partial charge in [0.2, 0.25) is 0 Å². The van der Waals surface area contributed by atoms with E-state index in [0.29, 0.717) is 11.1 Å². The summed E-state index contributed by atoms with van der Waals surface area (Å²) in [6.45, 7) is 6.81. The molecule has 0 radical (unpaired) electrons. The van der Waals surface area contributed by atoms with Crippen LogP contribution in [0.2, 0.25) is 5.82 Å². The molecule has 2 aromatic rings.